The van der Waals surface area contributed by atoms with Crippen LogP contribution in [-0.4, -0.2) is 19.0 Å². The third-order valence-corrected chi connectivity index (χ3v) is 5.64. The number of ether oxygens (including phenoxy) is 1. The van der Waals surface area contributed by atoms with E-state index >= 15 is 0 Å². The van der Waals surface area contributed by atoms with E-state index in [1.54, 1.807) is 0 Å². The summed E-state index contributed by atoms with van der Waals surface area (Å²) in [7, 11) is 1.46. The summed E-state index contributed by atoms with van der Waals surface area (Å²) in [5, 5.41) is 3.09. The number of carbonyl (C=O) groups is 2. The summed E-state index contributed by atoms with van der Waals surface area (Å²) >= 11 is 0. The van der Waals surface area contributed by atoms with Crippen LogP contribution in [0.5, 0.6) is 0 Å². The van der Waals surface area contributed by atoms with Crippen LogP contribution >= 0.6 is 0 Å². The summed E-state index contributed by atoms with van der Waals surface area (Å²) in [6.07, 6.45) is 4.71. The van der Waals surface area contributed by atoms with E-state index < -0.39 is 0 Å². The highest BCUT2D eigenvalue weighted by atomic mass is 16.5. The second-order valence-electron chi connectivity index (χ2n) is 6.72. The fourth-order valence-electron chi connectivity index (χ4n) is 4.01. The summed E-state index contributed by atoms with van der Waals surface area (Å²) in [5.41, 5.74) is 0.517. The molecule has 24 heavy (non-hydrogen) atoms. The first kappa shape index (κ1) is 18.5. The third-order valence-electron chi connectivity index (χ3n) is 5.64. The Morgan fingerprint density at radius 3 is 1.96 bits per heavy atom. The van der Waals surface area contributed by atoms with E-state index in [1.165, 1.54) is 7.11 Å². The zero-order chi connectivity index (χ0) is 17.6. The number of hydrogen-bond donors (Lipinski definition) is 1. The molecule has 0 radical (unpaired) electrons. The van der Waals surface area contributed by atoms with E-state index in [0.717, 1.165) is 44.1 Å². The molecule has 4 heteroatoms. The van der Waals surface area contributed by atoms with Crippen LogP contribution in [0.2, 0.25) is 0 Å². The number of fused-ring (bicyclic) bond motifs is 3. The Labute approximate surface area is 145 Å². The van der Waals surface area contributed by atoms with Crippen molar-refractivity contribution in [1.29, 1.82) is 0 Å². The summed E-state index contributed by atoms with van der Waals surface area (Å²) in [6.45, 7) is 4.57. The van der Waals surface area contributed by atoms with Gasteiger partial charge in [-0.3, -0.25) is 9.59 Å². The number of amides is 1. The third kappa shape index (κ3) is 3.47. The number of nitrogens with one attached hydrogen (secondary N) is 1. The molecule has 0 heterocycles. The molecular weight excluding hydrogens is 302 g/mol. The molecule has 0 spiro atoms. The van der Waals surface area contributed by atoms with Gasteiger partial charge < -0.3 is 10.1 Å². The van der Waals surface area contributed by atoms with Gasteiger partial charge in [-0.1, -0.05) is 44.2 Å². The van der Waals surface area contributed by atoms with Gasteiger partial charge in [-0.15, -0.1) is 0 Å². The SMILES string of the molecule is CC.COC(=O)C12CCC(C(=O)NCc3ccccc3)(CC1)CC2. The van der Waals surface area contributed by atoms with Crippen molar-refractivity contribution in [3.8, 4) is 0 Å². The molecule has 3 aliphatic carbocycles. The fraction of sp³-hybridized carbons (Fsp3) is 0.600. The monoisotopic (exact) mass is 331 g/mol. The normalized spacial score (nSPS) is 27.6. The van der Waals surface area contributed by atoms with Crippen molar-refractivity contribution >= 4 is 11.9 Å². The number of esters is 1. The Morgan fingerprint density at radius 1 is 0.958 bits per heavy atom. The van der Waals surface area contributed by atoms with Crippen molar-refractivity contribution < 1.29 is 14.3 Å². The van der Waals surface area contributed by atoms with E-state index in [9.17, 15) is 9.59 Å². The lowest BCUT2D eigenvalue weighted by atomic mass is 9.53. The summed E-state index contributed by atoms with van der Waals surface area (Å²) in [4.78, 5) is 24.7. The van der Waals surface area contributed by atoms with E-state index in [1.807, 2.05) is 44.2 Å². The number of methoxy groups -OCH3 is 1. The maximum absolute atomic E-state index is 12.7. The van der Waals surface area contributed by atoms with E-state index in [0.29, 0.717) is 6.54 Å². The molecule has 0 aromatic heterocycles. The highest BCUT2D eigenvalue weighted by Crippen LogP contribution is 2.57. The smallest absolute Gasteiger partial charge is 0.311 e. The van der Waals surface area contributed by atoms with Gasteiger partial charge in [0.2, 0.25) is 5.91 Å². The molecule has 0 aliphatic heterocycles. The van der Waals surface area contributed by atoms with Gasteiger partial charge in [-0.05, 0) is 44.1 Å². The lowest BCUT2D eigenvalue weighted by Gasteiger charge is -2.50. The molecular formula is C20H29NO3. The maximum Gasteiger partial charge on any atom is 0.311 e. The molecule has 2 bridgehead atoms. The van der Waals surface area contributed by atoms with Crippen molar-refractivity contribution in [2.45, 2.75) is 58.9 Å². The average Bonchev–Trinajstić information content (AvgIpc) is 2.69. The minimum absolute atomic E-state index is 0.0921. The Morgan fingerprint density at radius 2 is 1.46 bits per heavy atom. The maximum atomic E-state index is 12.7. The Balaban J connectivity index is 0.00000100. The molecule has 0 unspecified atom stereocenters. The molecule has 1 aromatic carbocycles. The van der Waals surface area contributed by atoms with Crippen LogP contribution in [-0.2, 0) is 20.9 Å². The van der Waals surface area contributed by atoms with Gasteiger partial charge in [0.1, 0.15) is 0 Å². The molecule has 0 saturated heterocycles. The van der Waals surface area contributed by atoms with Crippen LogP contribution in [0.4, 0.5) is 0 Å². The van der Waals surface area contributed by atoms with Crippen LogP contribution in [0.3, 0.4) is 0 Å². The van der Waals surface area contributed by atoms with E-state index in [4.69, 9.17) is 4.74 Å². The summed E-state index contributed by atoms with van der Waals surface area (Å²) < 4.78 is 4.97. The molecule has 1 aromatic rings. The largest absolute Gasteiger partial charge is 0.469 e. The van der Waals surface area contributed by atoms with Gasteiger partial charge in [0.05, 0.1) is 12.5 Å². The zero-order valence-corrected chi connectivity index (χ0v) is 15.1. The molecule has 3 saturated carbocycles. The minimum Gasteiger partial charge on any atom is -0.469 e. The number of rotatable bonds is 4. The van der Waals surface area contributed by atoms with Gasteiger partial charge in [0, 0.05) is 12.0 Å². The fourth-order valence-corrected chi connectivity index (χ4v) is 4.01. The molecule has 4 rings (SSSR count). The number of carbonyl (C=O) groups excluding carboxylic acids is 2. The second kappa shape index (κ2) is 7.82. The highest BCUT2D eigenvalue weighted by molar-refractivity contribution is 5.85. The van der Waals surface area contributed by atoms with Gasteiger partial charge in [-0.25, -0.2) is 0 Å². The Hall–Kier alpha value is -1.84. The molecule has 4 nitrogen and oxygen atoms in total. The first-order valence-electron chi connectivity index (χ1n) is 9.01. The van der Waals surface area contributed by atoms with Gasteiger partial charge in [-0.2, -0.15) is 0 Å². The van der Waals surface area contributed by atoms with Crippen molar-refractivity contribution in [2.24, 2.45) is 10.8 Å². The van der Waals surface area contributed by atoms with Crippen LogP contribution in [0.1, 0.15) is 57.9 Å². The molecule has 0 atom stereocenters. The molecule has 3 aliphatic rings. The van der Waals surface area contributed by atoms with Crippen molar-refractivity contribution in [2.75, 3.05) is 7.11 Å². The predicted molar refractivity (Wildman–Crippen MR) is 94.2 cm³/mol. The van der Waals surface area contributed by atoms with Gasteiger partial charge >= 0.3 is 5.97 Å². The first-order valence-corrected chi connectivity index (χ1v) is 9.01. The van der Waals surface area contributed by atoms with Gasteiger partial charge in [0.15, 0.2) is 0 Å². The molecule has 132 valence electrons. The van der Waals surface area contributed by atoms with E-state index in [2.05, 4.69) is 5.32 Å². The van der Waals surface area contributed by atoms with Crippen LogP contribution < -0.4 is 5.32 Å². The highest BCUT2D eigenvalue weighted by Gasteiger charge is 2.55. The first-order chi connectivity index (χ1) is 11.6. The minimum atomic E-state index is -0.323. The van der Waals surface area contributed by atoms with E-state index in [-0.39, 0.29) is 22.7 Å². The summed E-state index contributed by atoms with van der Waals surface area (Å²) in [6, 6.07) is 9.96. The van der Waals surface area contributed by atoms with Gasteiger partial charge in [0.25, 0.3) is 0 Å². The quantitative estimate of drug-likeness (QED) is 0.853. The Bertz CT molecular complexity index is 543. The molecule has 3 fully saturated rings. The average molecular weight is 331 g/mol. The lowest BCUT2D eigenvalue weighted by Crippen LogP contribution is -2.52. The van der Waals surface area contributed by atoms with Crippen molar-refractivity contribution in [3.63, 3.8) is 0 Å². The zero-order valence-electron chi connectivity index (χ0n) is 15.1. The predicted octanol–water partition coefficient (Wildman–Crippen LogP) is 3.84. The van der Waals surface area contributed by atoms with Crippen molar-refractivity contribution in [1.82, 2.24) is 5.32 Å². The summed E-state index contributed by atoms with van der Waals surface area (Å²) in [5.74, 6) is 0.0556. The molecule has 1 N–H and O–H groups in total. The molecule has 1 amide bonds. The van der Waals surface area contributed by atoms with Crippen LogP contribution in [0.25, 0.3) is 0 Å². The van der Waals surface area contributed by atoms with Crippen LogP contribution in [0.15, 0.2) is 30.3 Å². The standard InChI is InChI=1S/C18H23NO3.C2H6/c1-22-16(21)18-10-7-17(8-11-18,9-12-18)15(20)19-13-14-5-3-2-4-6-14;1-2/h2-6H,7-13H2,1H3,(H,19,20);1-2H3. The lowest BCUT2D eigenvalue weighted by molar-refractivity contribution is -0.166. The second-order valence-corrected chi connectivity index (χ2v) is 6.72. The number of benzene rings is 1. The number of hydrogen-bond acceptors (Lipinski definition) is 3. The topological polar surface area (TPSA) is 55.4 Å². The van der Waals surface area contributed by atoms with Crippen LogP contribution in [0, 0.1) is 10.8 Å². The Kier molecular flexibility index (Phi) is 6.03. The van der Waals surface area contributed by atoms with Crippen molar-refractivity contribution in [3.05, 3.63) is 35.9 Å².